The number of nitrogens with zero attached hydrogens (tertiary/aromatic N) is 1. The molecule has 1 atom stereocenters. The number of nitrogens with one attached hydrogen (secondary N) is 1. The lowest BCUT2D eigenvalue weighted by molar-refractivity contribution is -0.00993. The van der Waals surface area contributed by atoms with Gasteiger partial charge in [-0.2, -0.15) is 0 Å². The molecule has 0 spiro atoms. The maximum atomic E-state index is 10.1. The van der Waals surface area contributed by atoms with Crippen molar-refractivity contribution in [2.75, 3.05) is 19.6 Å². The minimum absolute atomic E-state index is 0.431. The van der Waals surface area contributed by atoms with Crippen LogP contribution in [0.5, 0.6) is 0 Å². The molecular weight excluding hydrogens is 260 g/mol. The average Bonchev–Trinajstić information content (AvgIpc) is 2.48. The Hall–Kier alpha value is -0.900. The average molecular weight is 288 g/mol. The van der Waals surface area contributed by atoms with Gasteiger partial charge >= 0.3 is 0 Å². The van der Waals surface area contributed by atoms with E-state index in [9.17, 15) is 5.11 Å². The van der Waals surface area contributed by atoms with Gasteiger partial charge in [0.1, 0.15) is 0 Å². The summed E-state index contributed by atoms with van der Waals surface area (Å²) in [5.41, 5.74) is 2.38. The third-order valence-electron chi connectivity index (χ3n) is 5.32. The minimum atomic E-state index is -0.431. The second kappa shape index (κ2) is 6.07. The Morgan fingerprint density at radius 3 is 2.67 bits per heavy atom. The Morgan fingerprint density at radius 2 is 1.95 bits per heavy atom. The highest BCUT2D eigenvalue weighted by Gasteiger charge is 2.33. The van der Waals surface area contributed by atoms with Crippen molar-refractivity contribution in [1.29, 1.82) is 0 Å². The number of piperazine rings is 1. The van der Waals surface area contributed by atoms with Gasteiger partial charge < -0.3 is 10.4 Å². The first-order valence-corrected chi connectivity index (χ1v) is 8.30. The summed E-state index contributed by atoms with van der Waals surface area (Å²) in [6.45, 7) is 7.48. The first kappa shape index (κ1) is 15.0. The summed E-state index contributed by atoms with van der Waals surface area (Å²) in [6, 6.07) is 9.81. The van der Waals surface area contributed by atoms with E-state index >= 15 is 0 Å². The molecule has 3 heteroatoms. The summed E-state index contributed by atoms with van der Waals surface area (Å²) in [5, 5.41) is 13.8. The number of aliphatic hydroxyl groups is 1. The lowest BCUT2D eigenvalue weighted by Crippen LogP contribution is -2.52. The fourth-order valence-electron chi connectivity index (χ4n) is 3.88. The summed E-state index contributed by atoms with van der Waals surface area (Å²) < 4.78 is 0. The van der Waals surface area contributed by atoms with Crippen molar-refractivity contribution >= 4 is 0 Å². The molecule has 1 aromatic rings. The van der Waals surface area contributed by atoms with Gasteiger partial charge in [0.25, 0.3) is 0 Å². The van der Waals surface area contributed by atoms with Gasteiger partial charge in [0.15, 0.2) is 0 Å². The largest absolute Gasteiger partial charge is 0.390 e. The smallest absolute Gasteiger partial charge is 0.0621 e. The number of rotatable bonds is 2. The molecule has 1 saturated carbocycles. The van der Waals surface area contributed by atoms with Crippen LogP contribution in [-0.2, 0) is 0 Å². The molecule has 116 valence electrons. The van der Waals surface area contributed by atoms with Crippen molar-refractivity contribution in [3.8, 4) is 0 Å². The van der Waals surface area contributed by atoms with E-state index < -0.39 is 5.60 Å². The lowest BCUT2D eigenvalue weighted by Gasteiger charge is -2.43. The van der Waals surface area contributed by atoms with Crippen molar-refractivity contribution in [3.63, 3.8) is 0 Å². The molecule has 1 aliphatic carbocycles. The van der Waals surface area contributed by atoms with Crippen LogP contribution in [0.25, 0.3) is 0 Å². The van der Waals surface area contributed by atoms with Crippen molar-refractivity contribution in [1.82, 2.24) is 10.2 Å². The maximum absolute atomic E-state index is 10.1. The summed E-state index contributed by atoms with van der Waals surface area (Å²) in [4.78, 5) is 2.64. The Labute approximate surface area is 128 Å². The molecule has 0 amide bonds. The molecule has 0 radical (unpaired) electrons. The molecule has 3 rings (SSSR count). The number of hydrogen-bond acceptors (Lipinski definition) is 3. The Balaban J connectivity index is 1.65. The van der Waals surface area contributed by atoms with E-state index in [1.807, 2.05) is 6.92 Å². The first-order chi connectivity index (χ1) is 10.1. The zero-order valence-corrected chi connectivity index (χ0v) is 13.3. The van der Waals surface area contributed by atoms with Crippen LogP contribution in [0.15, 0.2) is 24.3 Å². The van der Waals surface area contributed by atoms with Gasteiger partial charge in [0.05, 0.1) is 5.60 Å². The third kappa shape index (κ3) is 3.47. The van der Waals surface area contributed by atoms with E-state index in [0.29, 0.717) is 12.1 Å². The van der Waals surface area contributed by atoms with Crippen LogP contribution in [-0.4, -0.2) is 41.3 Å². The SMILES string of the molecule is Cc1ccccc1[C@@H]1CN([C@H]2CC[C@](C)(O)CC2)CCN1. The van der Waals surface area contributed by atoms with Crippen LogP contribution in [0.4, 0.5) is 0 Å². The van der Waals surface area contributed by atoms with Crippen LogP contribution in [0.2, 0.25) is 0 Å². The third-order valence-corrected chi connectivity index (χ3v) is 5.32. The fourth-order valence-corrected chi connectivity index (χ4v) is 3.88. The van der Waals surface area contributed by atoms with E-state index in [1.165, 1.54) is 11.1 Å². The molecule has 21 heavy (non-hydrogen) atoms. The van der Waals surface area contributed by atoms with Gasteiger partial charge in [-0.1, -0.05) is 24.3 Å². The Bertz CT molecular complexity index is 476. The van der Waals surface area contributed by atoms with Gasteiger partial charge in [0.2, 0.25) is 0 Å². The Kier molecular flexibility index (Phi) is 4.34. The number of hydrogen-bond donors (Lipinski definition) is 2. The van der Waals surface area contributed by atoms with E-state index in [4.69, 9.17) is 0 Å². The highest BCUT2D eigenvalue weighted by molar-refractivity contribution is 5.29. The first-order valence-electron chi connectivity index (χ1n) is 8.30. The monoisotopic (exact) mass is 288 g/mol. The zero-order chi connectivity index (χ0) is 14.9. The van der Waals surface area contributed by atoms with Gasteiger partial charge in [0, 0.05) is 31.7 Å². The lowest BCUT2D eigenvalue weighted by atomic mass is 9.82. The van der Waals surface area contributed by atoms with E-state index in [2.05, 4.69) is 41.4 Å². The normalized spacial score (nSPS) is 34.8. The minimum Gasteiger partial charge on any atom is -0.390 e. The summed E-state index contributed by atoms with van der Waals surface area (Å²) >= 11 is 0. The molecule has 3 nitrogen and oxygen atoms in total. The predicted molar refractivity (Wildman–Crippen MR) is 86.4 cm³/mol. The predicted octanol–water partition coefficient (Wildman–Crippen LogP) is 2.63. The number of aryl methyl sites for hydroxylation is 1. The highest BCUT2D eigenvalue weighted by atomic mass is 16.3. The Morgan fingerprint density at radius 1 is 1.24 bits per heavy atom. The van der Waals surface area contributed by atoms with Crippen LogP contribution in [0.1, 0.15) is 49.8 Å². The van der Waals surface area contributed by atoms with Crippen molar-refractivity contribution < 1.29 is 5.11 Å². The molecule has 0 unspecified atom stereocenters. The van der Waals surface area contributed by atoms with Crippen LogP contribution in [0.3, 0.4) is 0 Å². The van der Waals surface area contributed by atoms with Crippen molar-refractivity contribution in [2.24, 2.45) is 0 Å². The van der Waals surface area contributed by atoms with Crippen LogP contribution < -0.4 is 5.32 Å². The number of benzene rings is 1. The molecule has 2 fully saturated rings. The van der Waals surface area contributed by atoms with E-state index in [0.717, 1.165) is 45.3 Å². The van der Waals surface area contributed by atoms with Crippen LogP contribution >= 0.6 is 0 Å². The topological polar surface area (TPSA) is 35.5 Å². The zero-order valence-electron chi connectivity index (χ0n) is 13.3. The van der Waals surface area contributed by atoms with Crippen molar-refractivity contribution in [3.05, 3.63) is 35.4 Å². The maximum Gasteiger partial charge on any atom is 0.0621 e. The molecule has 2 N–H and O–H groups in total. The van der Waals surface area contributed by atoms with Gasteiger partial charge in [-0.05, 0) is 50.7 Å². The van der Waals surface area contributed by atoms with Gasteiger partial charge in [-0.3, -0.25) is 4.90 Å². The molecule has 2 aliphatic rings. The standard InChI is InChI=1S/C18H28N2O/c1-14-5-3-4-6-16(14)17-13-20(12-11-19-17)15-7-9-18(2,21)10-8-15/h3-6,15,17,19,21H,7-13H2,1-2H3/t15-,17-,18-/m0/s1. The molecule has 0 aromatic heterocycles. The molecule has 0 bridgehead atoms. The van der Waals surface area contributed by atoms with E-state index in [1.54, 1.807) is 0 Å². The summed E-state index contributed by atoms with van der Waals surface area (Å²) in [7, 11) is 0. The second-order valence-corrected chi connectivity index (χ2v) is 7.09. The van der Waals surface area contributed by atoms with Crippen molar-refractivity contribution in [2.45, 2.75) is 57.2 Å². The molecule has 1 aromatic carbocycles. The molecule has 1 aliphatic heterocycles. The second-order valence-electron chi connectivity index (χ2n) is 7.09. The molecule has 1 heterocycles. The molecule has 1 saturated heterocycles. The van der Waals surface area contributed by atoms with Gasteiger partial charge in [-0.25, -0.2) is 0 Å². The summed E-state index contributed by atoms with van der Waals surface area (Å²) in [5.74, 6) is 0. The van der Waals surface area contributed by atoms with Gasteiger partial charge in [-0.15, -0.1) is 0 Å². The van der Waals surface area contributed by atoms with Crippen LogP contribution in [0, 0.1) is 6.92 Å². The van der Waals surface area contributed by atoms with E-state index in [-0.39, 0.29) is 0 Å². The quantitative estimate of drug-likeness (QED) is 0.878. The summed E-state index contributed by atoms with van der Waals surface area (Å²) in [6.07, 6.45) is 4.15. The molecular formula is C18H28N2O. The fraction of sp³-hybridized carbons (Fsp3) is 0.667. The highest BCUT2D eigenvalue weighted by Crippen LogP contribution is 2.32.